The van der Waals surface area contributed by atoms with Crippen molar-refractivity contribution in [3.63, 3.8) is 0 Å². The Kier molecular flexibility index (Phi) is 3.14. The molecule has 0 radical (unpaired) electrons. The minimum absolute atomic E-state index is 0.413. The second-order valence-corrected chi connectivity index (χ2v) is 4.12. The van der Waals surface area contributed by atoms with E-state index in [1.807, 2.05) is 0 Å². The molecular weight excluding hydrogens is 120 g/mol. The molecule has 0 spiro atoms. The molecule has 0 bridgehead atoms. The molecule has 0 rings (SSSR count). The van der Waals surface area contributed by atoms with Crippen molar-refractivity contribution in [2.45, 2.75) is 41.5 Å². The molecule has 0 aromatic rings. The van der Waals surface area contributed by atoms with Gasteiger partial charge in [0.05, 0.1) is 0 Å². The number of rotatable bonds is 1. The van der Waals surface area contributed by atoms with Crippen LogP contribution in [0.3, 0.4) is 0 Å². The zero-order chi connectivity index (χ0) is 8.36. The molecule has 0 fully saturated rings. The van der Waals surface area contributed by atoms with E-state index in [1.54, 1.807) is 0 Å². The third-order valence-electron chi connectivity index (χ3n) is 2.44. The predicted octanol–water partition coefficient (Wildman–Crippen LogP) is 3.63. The molecule has 0 aliphatic rings. The topological polar surface area (TPSA) is 0 Å². The van der Waals surface area contributed by atoms with Crippen LogP contribution >= 0.6 is 0 Å². The maximum atomic E-state index is 2.29. The highest BCUT2D eigenvalue weighted by atomic mass is 14.2. The molecule has 0 amide bonds. The highest BCUT2D eigenvalue weighted by Gasteiger charge is 2.20. The maximum absolute atomic E-state index is 2.29. The first-order valence-electron chi connectivity index (χ1n) is 4.02. The van der Waals surface area contributed by atoms with Gasteiger partial charge in [0.2, 0.25) is 0 Å². The lowest BCUT2D eigenvalue weighted by atomic mass is 9.78. The van der Waals surface area contributed by atoms with Crippen molar-refractivity contribution in [1.29, 1.82) is 0 Å². The number of allylic oxidation sites excluding steroid dienone is 2. The molecule has 0 heteroatoms. The average molecular weight is 140 g/mol. The molecule has 0 N–H and O–H groups in total. The minimum Gasteiger partial charge on any atom is -0.0884 e. The largest absolute Gasteiger partial charge is 0.0884 e. The standard InChI is InChI=1S/C10H20/c1-7-8(2)9(3)10(4,5)6/h7,9H,1-6H3/b8-7+/t9-/m0/s1. The Hall–Kier alpha value is -0.260. The molecule has 0 saturated heterocycles. The van der Waals surface area contributed by atoms with Crippen LogP contribution in [0.4, 0.5) is 0 Å². The molecule has 0 aromatic carbocycles. The van der Waals surface area contributed by atoms with Crippen LogP contribution < -0.4 is 0 Å². The minimum atomic E-state index is 0.413. The fourth-order valence-corrected chi connectivity index (χ4v) is 0.933. The van der Waals surface area contributed by atoms with Crippen LogP contribution in [0.15, 0.2) is 11.6 Å². The van der Waals surface area contributed by atoms with Gasteiger partial charge in [-0.3, -0.25) is 0 Å². The quantitative estimate of drug-likeness (QED) is 0.488. The van der Waals surface area contributed by atoms with E-state index in [4.69, 9.17) is 0 Å². The van der Waals surface area contributed by atoms with Gasteiger partial charge in [-0.15, -0.1) is 0 Å². The van der Waals surface area contributed by atoms with Crippen LogP contribution in [-0.2, 0) is 0 Å². The lowest BCUT2D eigenvalue weighted by Gasteiger charge is -2.27. The summed E-state index contributed by atoms with van der Waals surface area (Å²) in [5, 5.41) is 0. The van der Waals surface area contributed by atoms with Gasteiger partial charge in [0, 0.05) is 0 Å². The summed E-state index contributed by atoms with van der Waals surface area (Å²) in [7, 11) is 0. The van der Waals surface area contributed by atoms with E-state index >= 15 is 0 Å². The Balaban J connectivity index is 4.23. The van der Waals surface area contributed by atoms with E-state index in [0.29, 0.717) is 11.3 Å². The summed E-state index contributed by atoms with van der Waals surface area (Å²) in [5.74, 6) is 0.692. The van der Waals surface area contributed by atoms with E-state index < -0.39 is 0 Å². The predicted molar refractivity (Wildman–Crippen MR) is 48.1 cm³/mol. The normalized spacial score (nSPS) is 17.2. The van der Waals surface area contributed by atoms with Crippen molar-refractivity contribution in [1.82, 2.24) is 0 Å². The lowest BCUT2D eigenvalue weighted by molar-refractivity contribution is 0.300. The van der Waals surface area contributed by atoms with Gasteiger partial charge < -0.3 is 0 Å². The summed E-state index contributed by atoms with van der Waals surface area (Å²) in [4.78, 5) is 0. The molecular formula is C10H20. The van der Waals surface area contributed by atoms with Crippen LogP contribution in [0.1, 0.15) is 41.5 Å². The van der Waals surface area contributed by atoms with Gasteiger partial charge in [0.25, 0.3) is 0 Å². The smallest absolute Gasteiger partial charge is 0.0186 e. The summed E-state index contributed by atoms with van der Waals surface area (Å²) in [6.45, 7) is 13.4. The summed E-state index contributed by atoms with van der Waals surface area (Å²) in [6, 6.07) is 0. The Bertz CT molecular complexity index is 123. The van der Waals surface area contributed by atoms with E-state index in [-0.39, 0.29) is 0 Å². The lowest BCUT2D eigenvalue weighted by Crippen LogP contribution is -2.17. The zero-order valence-corrected chi connectivity index (χ0v) is 8.15. The van der Waals surface area contributed by atoms with Gasteiger partial charge in [-0.05, 0) is 25.2 Å². The van der Waals surface area contributed by atoms with E-state index in [2.05, 4.69) is 47.6 Å². The second kappa shape index (κ2) is 3.23. The van der Waals surface area contributed by atoms with Gasteiger partial charge in [-0.1, -0.05) is 39.3 Å². The zero-order valence-electron chi connectivity index (χ0n) is 8.15. The van der Waals surface area contributed by atoms with Crippen LogP contribution in [0.2, 0.25) is 0 Å². The average Bonchev–Trinajstić information content (AvgIpc) is 1.83. The van der Waals surface area contributed by atoms with Crippen LogP contribution in [0, 0.1) is 11.3 Å². The van der Waals surface area contributed by atoms with Crippen molar-refractivity contribution >= 4 is 0 Å². The summed E-state index contributed by atoms with van der Waals surface area (Å²) in [6.07, 6.45) is 2.20. The maximum Gasteiger partial charge on any atom is -0.0186 e. The van der Waals surface area contributed by atoms with Gasteiger partial charge in [0.1, 0.15) is 0 Å². The first kappa shape index (κ1) is 9.74. The van der Waals surface area contributed by atoms with E-state index in [9.17, 15) is 0 Å². The third-order valence-corrected chi connectivity index (χ3v) is 2.44. The SMILES string of the molecule is C/C=C(\C)[C@H](C)C(C)(C)C. The van der Waals surface area contributed by atoms with Crippen molar-refractivity contribution < 1.29 is 0 Å². The molecule has 0 saturated carbocycles. The van der Waals surface area contributed by atoms with Gasteiger partial charge in [-0.2, -0.15) is 0 Å². The van der Waals surface area contributed by atoms with E-state index in [0.717, 1.165) is 0 Å². The van der Waals surface area contributed by atoms with Gasteiger partial charge in [-0.25, -0.2) is 0 Å². The Morgan fingerprint density at radius 1 is 1.30 bits per heavy atom. The first-order valence-corrected chi connectivity index (χ1v) is 4.02. The molecule has 0 unspecified atom stereocenters. The van der Waals surface area contributed by atoms with E-state index in [1.165, 1.54) is 5.57 Å². The first-order chi connectivity index (χ1) is 4.39. The highest BCUT2D eigenvalue weighted by molar-refractivity contribution is 5.03. The Morgan fingerprint density at radius 2 is 1.70 bits per heavy atom. The molecule has 10 heavy (non-hydrogen) atoms. The number of hydrogen-bond donors (Lipinski definition) is 0. The highest BCUT2D eigenvalue weighted by Crippen LogP contribution is 2.30. The summed E-state index contributed by atoms with van der Waals surface area (Å²) in [5.41, 5.74) is 1.91. The third kappa shape index (κ3) is 2.55. The van der Waals surface area contributed by atoms with Crippen molar-refractivity contribution in [2.75, 3.05) is 0 Å². The Labute approximate surface area is 65.3 Å². The van der Waals surface area contributed by atoms with Crippen LogP contribution in [0.5, 0.6) is 0 Å². The molecule has 0 aliphatic heterocycles. The molecule has 0 aromatic heterocycles. The van der Waals surface area contributed by atoms with Crippen molar-refractivity contribution in [2.24, 2.45) is 11.3 Å². The van der Waals surface area contributed by atoms with Gasteiger partial charge >= 0.3 is 0 Å². The fraction of sp³-hybridized carbons (Fsp3) is 0.800. The summed E-state index contributed by atoms with van der Waals surface area (Å²) < 4.78 is 0. The second-order valence-electron chi connectivity index (χ2n) is 4.12. The molecule has 60 valence electrons. The molecule has 0 aliphatic carbocycles. The van der Waals surface area contributed by atoms with Crippen LogP contribution in [-0.4, -0.2) is 0 Å². The van der Waals surface area contributed by atoms with Crippen LogP contribution in [0.25, 0.3) is 0 Å². The monoisotopic (exact) mass is 140 g/mol. The van der Waals surface area contributed by atoms with Crippen molar-refractivity contribution in [3.8, 4) is 0 Å². The molecule has 0 heterocycles. The Morgan fingerprint density at radius 3 is 1.80 bits per heavy atom. The fourth-order valence-electron chi connectivity index (χ4n) is 0.933. The number of hydrogen-bond acceptors (Lipinski definition) is 0. The molecule has 1 atom stereocenters. The summed E-state index contributed by atoms with van der Waals surface area (Å²) >= 11 is 0. The molecule has 0 nitrogen and oxygen atoms in total. The van der Waals surface area contributed by atoms with Crippen molar-refractivity contribution in [3.05, 3.63) is 11.6 Å². The van der Waals surface area contributed by atoms with Gasteiger partial charge in [0.15, 0.2) is 0 Å².